The van der Waals surface area contributed by atoms with E-state index in [-0.39, 0.29) is 19.1 Å². The maximum absolute atomic E-state index is 9.94. The van der Waals surface area contributed by atoms with Gasteiger partial charge in [0.1, 0.15) is 37.3 Å². The minimum Gasteiger partial charge on any atom is -0.486 e. The predicted octanol–water partition coefficient (Wildman–Crippen LogP) is 5.21. The van der Waals surface area contributed by atoms with Crippen molar-refractivity contribution >= 4 is 0 Å². The van der Waals surface area contributed by atoms with Crippen LogP contribution in [0.3, 0.4) is 0 Å². The Balaban J connectivity index is 0.000000449. The summed E-state index contributed by atoms with van der Waals surface area (Å²) < 4.78 is 19.3. The molecule has 1 aromatic carbocycles. The van der Waals surface area contributed by atoms with Gasteiger partial charge < -0.3 is 29.2 Å². The molecule has 1 aliphatic rings. The smallest absolute Gasteiger partial charge is 0.232 e. The highest BCUT2D eigenvalue weighted by Crippen LogP contribution is 2.37. The van der Waals surface area contributed by atoms with E-state index in [2.05, 4.69) is 81.1 Å². The summed E-state index contributed by atoms with van der Waals surface area (Å²) in [5, 5.41) is 22.7. The topological polar surface area (TPSA) is 114 Å². The number of hydrogen-bond donors (Lipinski definition) is 2. The van der Waals surface area contributed by atoms with Gasteiger partial charge in [-0.3, -0.25) is 0 Å². The van der Waals surface area contributed by atoms with Crippen LogP contribution in [0.5, 0.6) is 17.4 Å². The van der Waals surface area contributed by atoms with Crippen LogP contribution in [-0.4, -0.2) is 53.1 Å². The summed E-state index contributed by atoms with van der Waals surface area (Å²) in [6.45, 7) is 11.1. The minimum absolute atomic E-state index is 0.00755. The lowest BCUT2D eigenvalue weighted by Gasteiger charge is -2.19. The van der Waals surface area contributed by atoms with E-state index in [1.54, 1.807) is 12.3 Å². The zero-order chi connectivity index (χ0) is 33.0. The lowest BCUT2D eigenvalue weighted by Crippen LogP contribution is -2.15. The molecular formula is C37H35N5O4. The molecule has 3 aromatic rings. The molecule has 3 heterocycles. The Hall–Kier alpha value is -5.85. The largest absolute Gasteiger partial charge is 0.486 e. The fourth-order valence-electron chi connectivity index (χ4n) is 4.54. The van der Waals surface area contributed by atoms with E-state index in [0.717, 1.165) is 42.8 Å². The minimum atomic E-state index is 0.00755. The number of aliphatic hydroxyl groups excluding tert-OH is 1. The van der Waals surface area contributed by atoms with Crippen LogP contribution >= 0.6 is 0 Å². The maximum atomic E-state index is 9.94. The van der Waals surface area contributed by atoms with Gasteiger partial charge >= 0.3 is 0 Å². The molecule has 2 aromatic heterocycles. The summed E-state index contributed by atoms with van der Waals surface area (Å²) in [6, 6.07) is 9.64. The van der Waals surface area contributed by atoms with Crippen LogP contribution < -0.4 is 19.5 Å². The first kappa shape index (κ1) is 34.6. The van der Waals surface area contributed by atoms with E-state index >= 15 is 0 Å². The highest BCUT2D eigenvalue weighted by molar-refractivity contribution is 5.74. The average molecular weight is 614 g/mol. The summed E-state index contributed by atoms with van der Waals surface area (Å²) in [6.07, 6.45) is 4.59. The Morgan fingerprint density at radius 3 is 2.35 bits per heavy atom. The molecule has 0 unspecified atom stereocenters. The Morgan fingerprint density at radius 1 is 1.00 bits per heavy atom. The van der Waals surface area contributed by atoms with Gasteiger partial charge in [0.05, 0.1) is 12.3 Å². The number of nitrogens with zero attached hydrogens (tertiary/aromatic N) is 4. The molecule has 9 nitrogen and oxygen atoms in total. The van der Waals surface area contributed by atoms with E-state index in [0.29, 0.717) is 48.2 Å². The van der Waals surface area contributed by atoms with Crippen molar-refractivity contribution in [2.75, 3.05) is 33.4 Å². The van der Waals surface area contributed by atoms with Crippen LogP contribution in [0.15, 0.2) is 95.2 Å². The monoisotopic (exact) mass is 613 g/mol. The van der Waals surface area contributed by atoms with Gasteiger partial charge in [-0.25, -0.2) is 9.97 Å². The first-order valence-corrected chi connectivity index (χ1v) is 14.6. The molecule has 232 valence electrons. The van der Waals surface area contributed by atoms with Crippen LogP contribution in [0, 0.1) is 18.3 Å². The second-order valence-corrected chi connectivity index (χ2v) is 9.52. The second-order valence-electron chi connectivity index (χ2n) is 9.52. The third-order valence-corrected chi connectivity index (χ3v) is 6.54. The normalized spacial score (nSPS) is 10.3. The Kier molecular flexibility index (Phi) is 14.6. The zero-order valence-corrected chi connectivity index (χ0v) is 26.1. The molecule has 46 heavy (non-hydrogen) atoms. The molecule has 0 fully saturated rings. The Morgan fingerprint density at radius 2 is 1.70 bits per heavy atom. The van der Waals surface area contributed by atoms with Crippen molar-refractivity contribution in [2.24, 2.45) is 0 Å². The van der Waals surface area contributed by atoms with Crippen molar-refractivity contribution in [1.29, 1.82) is 5.26 Å². The molecule has 1 aliphatic heterocycles. The number of rotatable bonds is 11. The van der Waals surface area contributed by atoms with Gasteiger partial charge in [0.15, 0.2) is 11.5 Å². The molecule has 0 amide bonds. The van der Waals surface area contributed by atoms with Crippen LogP contribution in [0.1, 0.15) is 35.6 Å². The van der Waals surface area contributed by atoms with Crippen molar-refractivity contribution in [2.45, 2.75) is 39.3 Å². The van der Waals surface area contributed by atoms with Crippen LogP contribution in [0.4, 0.5) is 0 Å². The van der Waals surface area contributed by atoms with Gasteiger partial charge in [-0.1, -0.05) is 17.5 Å². The fraction of sp³-hybridized carbons (Fsp3) is 0.297. The lowest BCUT2D eigenvalue weighted by atomic mass is 10.0. The van der Waals surface area contributed by atoms with E-state index < -0.39 is 0 Å². The number of unbranched alkanes of at least 4 members (excludes halogenated alkanes) is 1. The Bertz CT molecular complexity index is 1850. The number of ether oxygens (including phenoxy) is 3. The summed E-state index contributed by atoms with van der Waals surface area (Å²) in [4.78, 5) is 9.02. The average Bonchev–Trinajstić information content (AvgIpc) is 3.38. The maximum Gasteiger partial charge on any atom is 0.232 e. The SMILES string of the molecule is C=C=C=C=C=C=C=C=C=C=C.CNCCCCc1c(C)nc(COc2nccc(-c3ccc4c(c3)OCCO4)c2C#N)n1CCO. The van der Waals surface area contributed by atoms with Crippen molar-refractivity contribution in [1.82, 2.24) is 19.9 Å². The first-order chi connectivity index (χ1) is 22.6. The van der Waals surface area contributed by atoms with E-state index in [1.165, 1.54) is 0 Å². The molecule has 0 spiro atoms. The van der Waals surface area contributed by atoms with Gasteiger partial charge in [0.2, 0.25) is 5.88 Å². The van der Waals surface area contributed by atoms with Crippen LogP contribution in [0.25, 0.3) is 11.1 Å². The van der Waals surface area contributed by atoms with Gasteiger partial charge in [-0.2, -0.15) is 5.26 Å². The molecule has 0 saturated heterocycles. The quantitative estimate of drug-likeness (QED) is 0.224. The van der Waals surface area contributed by atoms with Crippen LogP contribution in [-0.2, 0) is 19.6 Å². The number of benzene rings is 1. The molecule has 0 saturated carbocycles. The molecule has 0 radical (unpaired) electrons. The fourth-order valence-corrected chi connectivity index (χ4v) is 4.54. The highest BCUT2D eigenvalue weighted by Gasteiger charge is 2.19. The molecule has 9 heteroatoms. The van der Waals surface area contributed by atoms with Crippen molar-refractivity contribution in [3.8, 4) is 34.6 Å². The Labute approximate surface area is 269 Å². The number of fused-ring (bicyclic) bond motifs is 1. The number of hydrogen-bond acceptors (Lipinski definition) is 8. The van der Waals surface area contributed by atoms with Gasteiger partial charge in [0.25, 0.3) is 0 Å². The number of aromatic nitrogens is 3. The third-order valence-electron chi connectivity index (χ3n) is 6.54. The molecular weight excluding hydrogens is 578 g/mol. The van der Waals surface area contributed by atoms with Gasteiger partial charge in [-0.15, -0.1) is 0 Å². The number of nitriles is 1. The van der Waals surface area contributed by atoms with Gasteiger partial charge in [-0.05, 0) is 117 Å². The standard InChI is InChI=1S/C26H31N5O4.C11H4/c1-18-22(5-3-4-9-28-2)31(11-12-32)25(30-18)17-35-26-21(16-27)20(8-10-29-26)19-6-7-23-24(15-19)34-14-13-33-23;1-3-5-7-9-11-10-8-6-4-2/h6-8,10,15,28,32H,3-5,9,11-14,17H2,1-2H3;1-2H2. The van der Waals surface area contributed by atoms with E-state index in [9.17, 15) is 10.4 Å². The van der Waals surface area contributed by atoms with E-state index in [4.69, 9.17) is 19.2 Å². The molecule has 0 aliphatic carbocycles. The first-order valence-electron chi connectivity index (χ1n) is 14.6. The molecule has 4 rings (SSSR count). The highest BCUT2D eigenvalue weighted by atomic mass is 16.6. The van der Waals surface area contributed by atoms with Gasteiger partial charge in [0, 0.05) is 24.0 Å². The summed E-state index contributed by atoms with van der Waals surface area (Å²) in [5.74, 6) is 2.29. The number of imidazole rings is 1. The second kappa shape index (κ2) is 19.4. The molecule has 0 atom stereocenters. The number of pyridine rings is 1. The lowest BCUT2D eigenvalue weighted by molar-refractivity contribution is 0.171. The van der Waals surface area contributed by atoms with Crippen molar-refractivity contribution in [3.05, 3.63) is 118 Å². The number of aryl methyl sites for hydroxylation is 1. The third kappa shape index (κ3) is 10.1. The summed E-state index contributed by atoms with van der Waals surface area (Å²) in [5.41, 5.74) is 25.8. The van der Waals surface area contributed by atoms with E-state index in [1.807, 2.05) is 36.7 Å². The number of nitrogens with one attached hydrogen (secondary N) is 1. The van der Waals surface area contributed by atoms with Crippen molar-refractivity contribution in [3.63, 3.8) is 0 Å². The summed E-state index contributed by atoms with van der Waals surface area (Å²) >= 11 is 0. The van der Waals surface area contributed by atoms with Crippen molar-refractivity contribution < 1.29 is 19.3 Å². The number of aliphatic hydroxyl groups is 1. The van der Waals surface area contributed by atoms with Crippen LogP contribution in [0.2, 0.25) is 0 Å². The molecule has 2 N–H and O–H groups in total. The predicted molar refractivity (Wildman–Crippen MR) is 173 cm³/mol. The molecule has 0 bridgehead atoms. The summed E-state index contributed by atoms with van der Waals surface area (Å²) in [7, 11) is 1.95. The zero-order valence-electron chi connectivity index (χ0n) is 26.1.